The van der Waals surface area contributed by atoms with E-state index in [4.69, 9.17) is 23.8 Å². The molecule has 2 aromatic rings. The van der Waals surface area contributed by atoms with Crippen molar-refractivity contribution in [3.8, 4) is 0 Å². The SMILES string of the molecule is Cc1ccccc1/C=C/C(=O)NNC(=S)NCCc1ccc(Cl)cc1. The van der Waals surface area contributed by atoms with E-state index >= 15 is 0 Å². The topological polar surface area (TPSA) is 53.2 Å². The largest absolute Gasteiger partial charge is 0.361 e. The Hall–Kier alpha value is -2.37. The summed E-state index contributed by atoms with van der Waals surface area (Å²) in [6.07, 6.45) is 4.04. The number of carbonyl (C=O) groups excluding carboxylic acids is 1. The van der Waals surface area contributed by atoms with Crippen molar-refractivity contribution in [1.82, 2.24) is 16.2 Å². The van der Waals surface area contributed by atoms with Gasteiger partial charge in [0.2, 0.25) is 0 Å². The lowest BCUT2D eigenvalue weighted by Gasteiger charge is -2.10. The number of halogens is 1. The van der Waals surface area contributed by atoms with Gasteiger partial charge in [0.05, 0.1) is 0 Å². The second-order valence-electron chi connectivity index (χ2n) is 5.44. The fourth-order valence-electron chi connectivity index (χ4n) is 2.11. The van der Waals surface area contributed by atoms with Gasteiger partial charge >= 0.3 is 0 Å². The van der Waals surface area contributed by atoms with E-state index in [2.05, 4.69) is 16.2 Å². The van der Waals surface area contributed by atoms with Crippen LogP contribution in [0.15, 0.2) is 54.6 Å². The molecule has 0 heterocycles. The lowest BCUT2D eigenvalue weighted by Crippen LogP contribution is -2.46. The molecule has 0 spiro atoms. The van der Waals surface area contributed by atoms with Gasteiger partial charge in [-0.25, -0.2) is 0 Å². The maximum absolute atomic E-state index is 11.8. The molecule has 0 atom stereocenters. The summed E-state index contributed by atoms with van der Waals surface area (Å²) >= 11 is 11.0. The lowest BCUT2D eigenvalue weighted by molar-refractivity contribution is -0.116. The van der Waals surface area contributed by atoms with Crippen LogP contribution in [0.2, 0.25) is 5.02 Å². The Kier molecular flexibility index (Phi) is 7.44. The number of amides is 1. The van der Waals surface area contributed by atoms with Crippen molar-refractivity contribution in [2.75, 3.05) is 6.54 Å². The molecule has 130 valence electrons. The fraction of sp³-hybridized carbons (Fsp3) is 0.158. The molecule has 0 saturated heterocycles. The van der Waals surface area contributed by atoms with E-state index in [0.717, 1.165) is 28.1 Å². The Bertz CT molecular complexity index is 760. The van der Waals surface area contributed by atoms with Gasteiger partial charge in [-0.1, -0.05) is 48.0 Å². The van der Waals surface area contributed by atoms with E-state index < -0.39 is 0 Å². The highest BCUT2D eigenvalue weighted by Gasteiger charge is 1.99. The van der Waals surface area contributed by atoms with E-state index in [9.17, 15) is 4.79 Å². The van der Waals surface area contributed by atoms with E-state index in [1.54, 1.807) is 6.08 Å². The Morgan fingerprint density at radius 1 is 1.12 bits per heavy atom. The molecule has 0 aliphatic carbocycles. The summed E-state index contributed by atoms with van der Waals surface area (Å²) in [5, 5.41) is 4.12. The van der Waals surface area contributed by atoms with E-state index in [-0.39, 0.29) is 5.91 Å². The van der Waals surface area contributed by atoms with Gasteiger partial charge in [0, 0.05) is 17.6 Å². The molecule has 0 aromatic heterocycles. The molecule has 6 heteroatoms. The second-order valence-corrected chi connectivity index (χ2v) is 6.28. The third-order valence-electron chi connectivity index (χ3n) is 3.51. The number of benzene rings is 2. The highest BCUT2D eigenvalue weighted by Crippen LogP contribution is 2.09. The molecular weight excluding hydrogens is 354 g/mol. The highest BCUT2D eigenvalue weighted by atomic mass is 35.5. The normalized spacial score (nSPS) is 10.5. The van der Waals surface area contributed by atoms with Crippen molar-refractivity contribution >= 4 is 40.9 Å². The predicted molar refractivity (Wildman–Crippen MR) is 107 cm³/mol. The number of carbonyl (C=O) groups is 1. The number of thiocarbonyl (C=S) groups is 1. The zero-order valence-electron chi connectivity index (χ0n) is 13.9. The molecule has 0 saturated carbocycles. The van der Waals surface area contributed by atoms with Crippen molar-refractivity contribution in [3.05, 3.63) is 76.3 Å². The van der Waals surface area contributed by atoms with Gasteiger partial charge in [-0.2, -0.15) is 0 Å². The first-order valence-electron chi connectivity index (χ1n) is 7.86. The molecular formula is C19H20ClN3OS. The third kappa shape index (κ3) is 6.95. The van der Waals surface area contributed by atoms with E-state index in [1.807, 2.05) is 55.5 Å². The lowest BCUT2D eigenvalue weighted by atomic mass is 10.1. The number of rotatable bonds is 5. The number of nitrogens with one attached hydrogen (secondary N) is 3. The van der Waals surface area contributed by atoms with Gasteiger partial charge < -0.3 is 5.32 Å². The molecule has 2 aromatic carbocycles. The summed E-state index contributed by atoms with van der Waals surface area (Å²) in [7, 11) is 0. The van der Waals surface area contributed by atoms with Crippen LogP contribution < -0.4 is 16.2 Å². The minimum Gasteiger partial charge on any atom is -0.361 e. The monoisotopic (exact) mass is 373 g/mol. The zero-order chi connectivity index (χ0) is 18.1. The van der Waals surface area contributed by atoms with Crippen molar-refractivity contribution < 1.29 is 4.79 Å². The minimum atomic E-state index is -0.273. The molecule has 0 fully saturated rings. The van der Waals surface area contributed by atoms with E-state index in [1.165, 1.54) is 6.08 Å². The van der Waals surface area contributed by atoms with Crippen LogP contribution in [0.1, 0.15) is 16.7 Å². The quantitative estimate of drug-likeness (QED) is 0.427. The zero-order valence-corrected chi connectivity index (χ0v) is 15.5. The van der Waals surface area contributed by atoms with Crippen molar-refractivity contribution in [1.29, 1.82) is 0 Å². The molecule has 2 rings (SSSR count). The van der Waals surface area contributed by atoms with Crippen LogP contribution >= 0.6 is 23.8 Å². The Labute approximate surface area is 158 Å². The van der Waals surface area contributed by atoms with Gasteiger partial charge in [0.1, 0.15) is 0 Å². The molecule has 1 amide bonds. The smallest absolute Gasteiger partial charge is 0.262 e. The summed E-state index contributed by atoms with van der Waals surface area (Å²) < 4.78 is 0. The van der Waals surface area contributed by atoms with Crippen LogP contribution in [-0.4, -0.2) is 17.6 Å². The van der Waals surface area contributed by atoms with Crippen LogP contribution in [0.25, 0.3) is 6.08 Å². The van der Waals surface area contributed by atoms with Crippen molar-refractivity contribution in [3.63, 3.8) is 0 Å². The first-order chi connectivity index (χ1) is 12.0. The number of aryl methyl sites for hydroxylation is 1. The first kappa shape index (κ1) is 19.0. The summed E-state index contributed by atoms with van der Waals surface area (Å²) in [6.45, 7) is 2.65. The average molecular weight is 374 g/mol. The average Bonchev–Trinajstić information content (AvgIpc) is 2.61. The Balaban J connectivity index is 1.68. The minimum absolute atomic E-state index is 0.273. The van der Waals surface area contributed by atoms with Crippen LogP contribution in [0.3, 0.4) is 0 Å². The van der Waals surface area contributed by atoms with E-state index in [0.29, 0.717) is 11.7 Å². The number of hydrazine groups is 1. The molecule has 0 bridgehead atoms. The predicted octanol–water partition coefficient (Wildman–Crippen LogP) is 3.40. The number of hydrogen-bond acceptors (Lipinski definition) is 2. The van der Waals surface area contributed by atoms with Gasteiger partial charge in [0.15, 0.2) is 5.11 Å². The van der Waals surface area contributed by atoms with Crippen LogP contribution in [0.4, 0.5) is 0 Å². The highest BCUT2D eigenvalue weighted by molar-refractivity contribution is 7.80. The van der Waals surface area contributed by atoms with Gasteiger partial charge in [-0.3, -0.25) is 15.6 Å². The van der Waals surface area contributed by atoms with Gasteiger partial charge in [0.25, 0.3) is 5.91 Å². The molecule has 0 aliphatic rings. The summed E-state index contributed by atoms with van der Waals surface area (Å²) in [4.78, 5) is 11.8. The molecule has 0 radical (unpaired) electrons. The maximum Gasteiger partial charge on any atom is 0.262 e. The van der Waals surface area contributed by atoms with Crippen LogP contribution in [0, 0.1) is 6.92 Å². The van der Waals surface area contributed by atoms with Gasteiger partial charge in [-0.15, -0.1) is 0 Å². The second kappa shape index (κ2) is 9.81. The van der Waals surface area contributed by atoms with Crippen LogP contribution in [0.5, 0.6) is 0 Å². The first-order valence-corrected chi connectivity index (χ1v) is 8.65. The fourth-order valence-corrected chi connectivity index (χ4v) is 2.39. The summed E-state index contributed by atoms with van der Waals surface area (Å²) in [5.74, 6) is -0.273. The Morgan fingerprint density at radius 2 is 1.84 bits per heavy atom. The summed E-state index contributed by atoms with van der Waals surface area (Å²) in [5.41, 5.74) is 8.48. The van der Waals surface area contributed by atoms with Crippen molar-refractivity contribution in [2.45, 2.75) is 13.3 Å². The van der Waals surface area contributed by atoms with Crippen molar-refractivity contribution in [2.24, 2.45) is 0 Å². The summed E-state index contributed by atoms with van der Waals surface area (Å²) in [6, 6.07) is 15.5. The van der Waals surface area contributed by atoms with Gasteiger partial charge in [-0.05, 0) is 60.5 Å². The molecule has 0 unspecified atom stereocenters. The standard InChI is InChI=1S/C19H20ClN3OS/c1-14-4-2-3-5-16(14)8-11-18(24)22-23-19(25)21-13-12-15-6-9-17(20)10-7-15/h2-11H,12-13H2,1H3,(H,22,24)(H2,21,23,25)/b11-8+. The molecule has 25 heavy (non-hydrogen) atoms. The third-order valence-corrected chi connectivity index (χ3v) is 4.01. The maximum atomic E-state index is 11.8. The molecule has 4 nitrogen and oxygen atoms in total. The molecule has 0 aliphatic heterocycles. The molecule has 3 N–H and O–H groups in total. The number of hydrogen-bond donors (Lipinski definition) is 3. The Morgan fingerprint density at radius 3 is 2.56 bits per heavy atom. The van der Waals surface area contributed by atoms with Crippen LogP contribution in [-0.2, 0) is 11.2 Å².